The van der Waals surface area contributed by atoms with Crippen molar-refractivity contribution in [1.29, 1.82) is 0 Å². The summed E-state index contributed by atoms with van der Waals surface area (Å²) in [6.45, 7) is 2.45. The number of aromatic nitrogens is 1. The van der Waals surface area contributed by atoms with Crippen molar-refractivity contribution in [2.75, 3.05) is 18.1 Å². The maximum atomic E-state index is 11.4. The molecular formula is C8H12N2O2S2. The normalized spacial score (nSPS) is 26.2. The van der Waals surface area contributed by atoms with E-state index in [-0.39, 0.29) is 17.5 Å². The van der Waals surface area contributed by atoms with Crippen LogP contribution in [0, 0.1) is 6.92 Å². The average molecular weight is 232 g/mol. The predicted molar refractivity (Wildman–Crippen MR) is 56.2 cm³/mol. The molecule has 2 heterocycles. The highest BCUT2D eigenvalue weighted by Gasteiger charge is 2.27. The van der Waals surface area contributed by atoms with Crippen molar-refractivity contribution in [2.45, 2.75) is 13.0 Å². The first-order valence-corrected chi connectivity index (χ1v) is 7.13. The summed E-state index contributed by atoms with van der Waals surface area (Å²) in [5.41, 5.74) is 0.953. The molecule has 14 heavy (non-hydrogen) atoms. The molecule has 0 amide bonds. The van der Waals surface area contributed by atoms with Gasteiger partial charge in [-0.05, 0) is 6.92 Å². The summed E-state index contributed by atoms with van der Waals surface area (Å²) < 4.78 is 22.8. The second kappa shape index (κ2) is 3.60. The molecule has 0 saturated carbocycles. The summed E-state index contributed by atoms with van der Waals surface area (Å²) in [5.74, 6) is 0.424. The minimum absolute atomic E-state index is 0.104. The Morgan fingerprint density at radius 3 is 3.00 bits per heavy atom. The van der Waals surface area contributed by atoms with Gasteiger partial charge in [0.05, 0.1) is 17.5 Å². The summed E-state index contributed by atoms with van der Waals surface area (Å²) in [6, 6.07) is -0.104. The Hall–Kier alpha value is -0.460. The number of sulfone groups is 1. The van der Waals surface area contributed by atoms with Gasteiger partial charge >= 0.3 is 0 Å². The van der Waals surface area contributed by atoms with Crippen molar-refractivity contribution in [3.63, 3.8) is 0 Å². The van der Waals surface area contributed by atoms with Gasteiger partial charge in [-0.15, -0.1) is 11.3 Å². The molecule has 1 aliphatic rings. The molecule has 2 rings (SSSR count). The number of thiazole rings is 1. The quantitative estimate of drug-likeness (QED) is 0.766. The minimum Gasteiger partial charge on any atom is -0.306 e. The van der Waals surface area contributed by atoms with Gasteiger partial charge in [0.1, 0.15) is 5.01 Å². The highest BCUT2D eigenvalue weighted by molar-refractivity contribution is 7.91. The first kappa shape index (κ1) is 10.1. The van der Waals surface area contributed by atoms with Crippen molar-refractivity contribution < 1.29 is 8.42 Å². The summed E-state index contributed by atoms with van der Waals surface area (Å²) in [7, 11) is -2.87. The van der Waals surface area contributed by atoms with Crippen LogP contribution in [0.4, 0.5) is 0 Å². The lowest BCUT2D eigenvalue weighted by molar-refractivity contribution is 0.529. The molecule has 0 aromatic carbocycles. The number of aryl methyl sites for hydroxylation is 1. The van der Waals surface area contributed by atoms with Crippen LogP contribution in [0.5, 0.6) is 0 Å². The number of hydrogen-bond acceptors (Lipinski definition) is 5. The van der Waals surface area contributed by atoms with Crippen molar-refractivity contribution in [1.82, 2.24) is 10.3 Å². The Labute approximate surface area is 87.3 Å². The lowest BCUT2D eigenvalue weighted by Gasteiger charge is -2.21. The molecular weight excluding hydrogens is 220 g/mol. The second-order valence-corrected chi connectivity index (χ2v) is 6.57. The van der Waals surface area contributed by atoms with Crippen LogP contribution in [0.15, 0.2) is 5.38 Å². The number of rotatable bonds is 1. The highest BCUT2D eigenvalue weighted by Crippen LogP contribution is 2.21. The van der Waals surface area contributed by atoms with E-state index in [1.165, 1.54) is 11.3 Å². The molecule has 0 aliphatic carbocycles. The molecule has 6 heteroatoms. The van der Waals surface area contributed by atoms with E-state index in [1.807, 2.05) is 12.3 Å². The first-order valence-electron chi connectivity index (χ1n) is 4.43. The van der Waals surface area contributed by atoms with Crippen LogP contribution in [-0.4, -0.2) is 31.5 Å². The van der Waals surface area contributed by atoms with E-state index in [2.05, 4.69) is 10.3 Å². The third-order valence-corrected chi connectivity index (χ3v) is 4.90. The van der Waals surface area contributed by atoms with E-state index in [0.717, 1.165) is 10.7 Å². The zero-order valence-electron chi connectivity index (χ0n) is 7.86. The SMILES string of the molecule is Cc1csc(C2CS(=O)(=O)CCN2)n1. The third kappa shape index (κ3) is 2.13. The summed E-state index contributed by atoms with van der Waals surface area (Å²) >= 11 is 1.52. The Kier molecular flexibility index (Phi) is 2.59. The van der Waals surface area contributed by atoms with Crippen LogP contribution < -0.4 is 5.32 Å². The zero-order chi connectivity index (χ0) is 10.2. The summed E-state index contributed by atoms with van der Waals surface area (Å²) in [5, 5.41) is 6.00. The molecule has 1 aliphatic heterocycles. The Balaban J connectivity index is 2.20. The van der Waals surface area contributed by atoms with Crippen LogP contribution >= 0.6 is 11.3 Å². The van der Waals surface area contributed by atoms with E-state index in [0.29, 0.717) is 6.54 Å². The molecule has 1 fully saturated rings. The second-order valence-electron chi connectivity index (χ2n) is 3.45. The fourth-order valence-corrected chi connectivity index (χ4v) is 3.83. The molecule has 4 nitrogen and oxygen atoms in total. The molecule has 0 bridgehead atoms. The van der Waals surface area contributed by atoms with Gasteiger partial charge in [0.25, 0.3) is 0 Å². The van der Waals surface area contributed by atoms with E-state index >= 15 is 0 Å². The smallest absolute Gasteiger partial charge is 0.153 e. The zero-order valence-corrected chi connectivity index (χ0v) is 9.49. The van der Waals surface area contributed by atoms with E-state index in [4.69, 9.17) is 0 Å². The van der Waals surface area contributed by atoms with Gasteiger partial charge in [0, 0.05) is 17.6 Å². The topological polar surface area (TPSA) is 59.1 Å². The lowest BCUT2D eigenvalue weighted by atomic mass is 10.3. The Morgan fingerprint density at radius 2 is 2.43 bits per heavy atom. The first-order chi connectivity index (χ1) is 6.57. The van der Waals surface area contributed by atoms with Gasteiger partial charge in [-0.2, -0.15) is 0 Å². The van der Waals surface area contributed by atoms with Crippen molar-refractivity contribution in [2.24, 2.45) is 0 Å². The monoisotopic (exact) mass is 232 g/mol. The van der Waals surface area contributed by atoms with Gasteiger partial charge in [-0.3, -0.25) is 0 Å². The molecule has 1 unspecified atom stereocenters. The van der Waals surface area contributed by atoms with E-state index in [1.54, 1.807) is 0 Å². The lowest BCUT2D eigenvalue weighted by Crippen LogP contribution is -2.39. The predicted octanol–water partition coefficient (Wildman–Crippen LogP) is 0.511. The summed E-state index contributed by atoms with van der Waals surface area (Å²) in [6.07, 6.45) is 0. The molecule has 1 saturated heterocycles. The number of hydrogen-bond donors (Lipinski definition) is 1. The maximum Gasteiger partial charge on any atom is 0.153 e. The third-order valence-electron chi connectivity index (χ3n) is 2.16. The van der Waals surface area contributed by atoms with Crippen LogP contribution in [0.1, 0.15) is 16.7 Å². The molecule has 1 N–H and O–H groups in total. The fraction of sp³-hybridized carbons (Fsp3) is 0.625. The Morgan fingerprint density at radius 1 is 1.64 bits per heavy atom. The standard InChI is InChI=1S/C8H12N2O2S2/c1-6-4-13-8(10-6)7-5-14(11,12)3-2-9-7/h4,7,9H,2-3,5H2,1H3. The van der Waals surface area contributed by atoms with Gasteiger partial charge in [0.15, 0.2) is 9.84 Å². The van der Waals surface area contributed by atoms with Gasteiger partial charge in [0.2, 0.25) is 0 Å². The Bertz CT molecular complexity index is 424. The maximum absolute atomic E-state index is 11.4. The fourth-order valence-electron chi connectivity index (χ4n) is 1.48. The van der Waals surface area contributed by atoms with E-state index in [9.17, 15) is 8.42 Å². The van der Waals surface area contributed by atoms with Crippen LogP contribution in [0.3, 0.4) is 0 Å². The van der Waals surface area contributed by atoms with Crippen molar-refractivity contribution in [3.05, 3.63) is 16.1 Å². The molecule has 0 radical (unpaired) electrons. The van der Waals surface area contributed by atoms with Crippen molar-refractivity contribution >= 4 is 21.2 Å². The number of nitrogens with one attached hydrogen (secondary N) is 1. The van der Waals surface area contributed by atoms with Crippen LogP contribution in [0.25, 0.3) is 0 Å². The molecule has 0 spiro atoms. The van der Waals surface area contributed by atoms with Crippen LogP contribution in [0.2, 0.25) is 0 Å². The van der Waals surface area contributed by atoms with Gasteiger partial charge in [-0.25, -0.2) is 13.4 Å². The van der Waals surface area contributed by atoms with E-state index < -0.39 is 9.84 Å². The van der Waals surface area contributed by atoms with Crippen LogP contribution in [-0.2, 0) is 9.84 Å². The molecule has 1 aromatic rings. The van der Waals surface area contributed by atoms with Crippen molar-refractivity contribution in [3.8, 4) is 0 Å². The molecule has 78 valence electrons. The largest absolute Gasteiger partial charge is 0.306 e. The average Bonchev–Trinajstić information content (AvgIpc) is 2.50. The minimum atomic E-state index is -2.87. The number of nitrogens with zero attached hydrogens (tertiary/aromatic N) is 1. The molecule has 1 aromatic heterocycles. The summed E-state index contributed by atoms with van der Waals surface area (Å²) in [4.78, 5) is 4.29. The molecule has 1 atom stereocenters. The van der Waals surface area contributed by atoms with Gasteiger partial charge < -0.3 is 5.32 Å². The van der Waals surface area contributed by atoms with Gasteiger partial charge in [-0.1, -0.05) is 0 Å². The highest BCUT2D eigenvalue weighted by atomic mass is 32.2.